The Morgan fingerprint density at radius 2 is 2.06 bits per heavy atom. The highest BCUT2D eigenvalue weighted by atomic mass is 16.3. The third-order valence-electron chi connectivity index (χ3n) is 2.79. The lowest BCUT2D eigenvalue weighted by Crippen LogP contribution is -2.02. The number of nitrogens with zero attached hydrogens (tertiary/aromatic N) is 1. The van der Waals surface area contributed by atoms with Gasteiger partial charge in [-0.3, -0.25) is 0 Å². The molecule has 0 unspecified atom stereocenters. The maximum absolute atomic E-state index is 5.53. The summed E-state index contributed by atoms with van der Waals surface area (Å²) in [6.45, 7) is 4.78. The molecule has 0 amide bonds. The number of aromatic nitrogens is 1. The van der Waals surface area contributed by atoms with Crippen molar-refractivity contribution in [3.8, 4) is 11.3 Å². The van der Waals surface area contributed by atoms with E-state index < -0.39 is 0 Å². The van der Waals surface area contributed by atoms with Crippen molar-refractivity contribution in [3.05, 3.63) is 41.5 Å². The maximum atomic E-state index is 5.53. The molecule has 16 heavy (non-hydrogen) atoms. The van der Waals surface area contributed by atoms with Crippen molar-refractivity contribution in [3.63, 3.8) is 0 Å². The van der Waals surface area contributed by atoms with Gasteiger partial charge in [0.15, 0.2) is 6.39 Å². The summed E-state index contributed by atoms with van der Waals surface area (Å²) in [6.07, 6.45) is 2.21. The van der Waals surface area contributed by atoms with Gasteiger partial charge in [0, 0.05) is 12.0 Å². The van der Waals surface area contributed by atoms with Crippen LogP contribution in [0.15, 0.2) is 29.0 Å². The van der Waals surface area contributed by atoms with Crippen LogP contribution in [0.2, 0.25) is 0 Å². The number of hydrogen-bond acceptors (Lipinski definition) is 3. The molecule has 2 aromatic rings. The van der Waals surface area contributed by atoms with Gasteiger partial charge in [-0.05, 0) is 37.6 Å². The SMILES string of the molecule is Cc1ccc(-c2ncoc2CCN)cc1C. The second-order valence-corrected chi connectivity index (χ2v) is 3.96. The lowest BCUT2D eigenvalue weighted by atomic mass is 10.0. The standard InChI is InChI=1S/C13H16N2O/c1-9-3-4-11(7-10(9)2)13-12(5-6-14)16-8-15-13/h3-4,7-8H,5-6,14H2,1-2H3. The Kier molecular flexibility index (Phi) is 3.06. The lowest BCUT2D eigenvalue weighted by Gasteiger charge is -2.04. The van der Waals surface area contributed by atoms with Crippen molar-refractivity contribution >= 4 is 0 Å². The van der Waals surface area contributed by atoms with Gasteiger partial charge in [-0.25, -0.2) is 4.98 Å². The van der Waals surface area contributed by atoms with Crippen LogP contribution < -0.4 is 5.73 Å². The van der Waals surface area contributed by atoms with Crippen LogP contribution in [0.3, 0.4) is 0 Å². The molecular weight excluding hydrogens is 200 g/mol. The minimum atomic E-state index is 0.576. The van der Waals surface area contributed by atoms with E-state index in [2.05, 4.69) is 37.0 Å². The van der Waals surface area contributed by atoms with E-state index in [1.165, 1.54) is 17.5 Å². The number of hydrogen-bond donors (Lipinski definition) is 1. The van der Waals surface area contributed by atoms with Crippen molar-refractivity contribution in [1.82, 2.24) is 4.98 Å². The number of nitrogens with two attached hydrogens (primary N) is 1. The molecule has 1 aromatic carbocycles. The zero-order valence-corrected chi connectivity index (χ0v) is 9.66. The van der Waals surface area contributed by atoms with Gasteiger partial charge >= 0.3 is 0 Å². The van der Waals surface area contributed by atoms with E-state index in [-0.39, 0.29) is 0 Å². The molecule has 0 saturated carbocycles. The van der Waals surface area contributed by atoms with Gasteiger partial charge in [0.2, 0.25) is 0 Å². The molecule has 1 aromatic heterocycles. The van der Waals surface area contributed by atoms with E-state index in [1.807, 2.05) is 0 Å². The average molecular weight is 216 g/mol. The Hall–Kier alpha value is -1.61. The second-order valence-electron chi connectivity index (χ2n) is 3.96. The molecule has 0 atom stereocenters. The fourth-order valence-electron chi connectivity index (χ4n) is 1.70. The van der Waals surface area contributed by atoms with E-state index in [0.717, 1.165) is 23.4 Å². The molecular formula is C13H16N2O. The van der Waals surface area contributed by atoms with Gasteiger partial charge in [-0.15, -0.1) is 0 Å². The number of oxazole rings is 1. The normalized spacial score (nSPS) is 10.7. The summed E-state index contributed by atoms with van der Waals surface area (Å²) in [6, 6.07) is 6.30. The van der Waals surface area contributed by atoms with Crippen molar-refractivity contribution < 1.29 is 4.42 Å². The molecule has 0 aliphatic carbocycles. The molecule has 84 valence electrons. The van der Waals surface area contributed by atoms with E-state index >= 15 is 0 Å². The summed E-state index contributed by atoms with van der Waals surface area (Å²) in [5.74, 6) is 0.866. The summed E-state index contributed by atoms with van der Waals surface area (Å²) >= 11 is 0. The van der Waals surface area contributed by atoms with E-state index in [9.17, 15) is 0 Å². The van der Waals surface area contributed by atoms with Gasteiger partial charge in [0.05, 0.1) is 0 Å². The van der Waals surface area contributed by atoms with Crippen LogP contribution >= 0.6 is 0 Å². The van der Waals surface area contributed by atoms with Crippen LogP contribution in [0, 0.1) is 13.8 Å². The highest BCUT2D eigenvalue weighted by Crippen LogP contribution is 2.24. The molecule has 0 spiro atoms. The highest BCUT2D eigenvalue weighted by Gasteiger charge is 2.10. The van der Waals surface area contributed by atoms with E-state index in [0.29, 0.717) is 6.54 Å². The number of benzene rings is 1. The Labute approximate surface area is 95.3 Å². The Morgan fingerprint density at radius 1 is 1.25 bits per heavy atom. The summed E-state index contributed by atoms with van der Waals surface area (Å²) in [5.41, 5.74) is 10.1. The molecule has 2 N–H and O–H groups in total. The quantitative estimate of drug-likeness (QED) is 0.857. The van der Waals surface area contributed by atoms with Crippen LogP contribution in [-0.2, 0) is 6.42 Å². The smallest absolute Gasteiger partial charge is 0.181 e. The van der Waals surface area contributed by atoms with Crippen LogP contribution in [0.5, 0.6) is 0 Å². The largest absolute Gasteiger partial charge is 0.448 e. The molecule has 3 nitrogen and oxygen atoms in total. The maximum Gasteiger partial charge on any atom is 0.181 e. The van der Waals surface area contributed by atoms with Gasteiger partial charge in [0.1, 0.15) is 11.5 Å². The molecule has 0 fully saturated rings. The topological polar surface area (TPSA) is 52.0 Å². The van der Waals surface area contributed by atoms with Crippen molar-refractivity contribution in [2.75, 3.05) is 6.54 Å². The molecule has 3 heteroatoms. The predicted molar refractivity (Wildman–Crippen MR) is 64.2 cm³/mol. The van der Waals surface area contributed by atoms with Gasteiger partial charge in [-0.2, -0.15) is 0 Å². The highest BCUT2D eigenvalue weighted by molar-refractivity contribution is 5.62. The van der Waals surface area contributed by atoms with Crippen LogP contribution in [0.25, 0.3) is 11.3 Å². The van der Waals surface area contributed by atoms with Gasteiger partial charge in [0.25, 0.3) is 0 Å². The lowest BCUT2D eigenvalue weighted by molar-refractivity contribution is 0.506. The van der Waals surface area contributed by atoms with Crippen LogP contribution in [0.1, 0.15) is 16.9 Å². The molecule has 0 aliphatic rings. The van der Waals surface area contributed by atoms with Gasteiger partial charge < -0.3 is 10.2 Å². The summed E-state index contributed by atoms with van der Waals surface area (Å²) in [5, 5.41) is 0. The molecule has 0 saturated heterocycles. The first-order valence-electron chi connectivity index (χ1n) is 5.42. The van der Waals surface area contributed by atoms with Crippen molar-refractivity contribution in [2.45, 2.75) is 20.3 Å². The summed E-state index contributed by atoms with van der Waals surface area (Å²) in [4.78, 5) is 4.25. The first-order valence-corrected chi connectivity index (χ1v) is 5.42. The fraction of sp³-hybridized carbons (Fsp3) is 0.308. The van der Waals surface area contributed by atoms with Crippen molar-refractivity contribution in [1.29, 1.82) is 0 Å². The Bertz CT molecular complexity index is 488. The monoisotopic (exact) mass is 216 g/mol. The third kappa shape index (κ3) is 1.99. The summed E-state index contributed by atoms with van der Waals surface area (Å²) in [7, 11) is 0. The average Bonchev–Trinajstić information content (AvgIpc) is 2.71. The molecule has 2 rings (SSSR count). The Balaban J connectivity index is 2.42. The predicted octanol–water partition coefficient (Wildman–Crippen LogP) is 2.46. The summed E-state index contributed by atoms with van der Waals surface area (Å²) < 4.78 is 5.34. The Morgan fingerprint density at radius 3 is 2.75 bits per heavy atom. The zero-order chi connectivity index (χ0) is 11.5. The van der Waals surface area contributed by atoms with Crippen molar-refractivity contribution in [2.24, 2.45) is 5.73 Å². The zero-order valence-electron chi connectivity index (χ0n) is 9.66. The van der Waals surface area contributed by atoms with Crippen LogP contribution in [-0.4, -0.2) is 11.5 Å². The van der Waals surface area contributed by atoms with E-state index in [4.69, 9.17) is 10.2 Å². The molecule has 0 bridgehead atoms. The first kappa shape index (κ1) is 10.9. The molecule has 0 aliphatic heterocycles. The second kappa shape index (κ2) is 4.49. The third-order valence-corrected chi connectivity index (χ3v) is 2.79. The molecule has 0 radical (unpaired) electrons. The minimum absolute atomic E-state index is 0.576. The van der Waals surface area contributed by atoms with E-state index in [1.54, 1.807) is 0 Å². The van der Waals surface area contributed by atoms with Crippen LogP contribution in [0.4, 0.5) is 0 Å². The number of rotatable bonds is 3. The molecule has 1 heterocycles. The van der Waals surface area contributed by atoms with Gasteiger partial charge in [-0.1, -0.05) is 12.1 Å². The first-order chi connectivity index (χ1) is 7.72. The fourth-order valence-corrected chi connectivity index (χ4v) is 1.70. The minimum Gasteiger partial charge on any atom is -0.448 e. The number of aryl methyl sites for hydroxylation is 2.